The highest BCUT2D eigenvalue weighted by molar-refractivity contribution is 7.71. The van der Waals surface area contributed by atoms with E-state index in [4.69, 9.17) is 12.2 Å². The van der Waals surface area contributed by atoms with E-state index in [1.54, 1.807) is 0 Å². The first-order valence-corrected chi connectivity index (χ1v) is 7.83. The SMILES string of the molecule is S=c1nc(-c2ccc3ccccc3c2)[nH]c2c1CCCC2. The molecule has 0 amide bonds. The number of hydrogen-bond donors (Lipinski definition) is 1. The highest BCUT2D eigenvalue weighted by atomic mass is 32.1. The average Bonchev–Trinajstić information content (AvgIpc) is 2.54. The number of fused-ring (bicyclic) bond motifs is 2. The van der Waals surface area contributed by atoms with Crippen molar-refractivity contribution in [3.05, 3.63) is 58.4 Å². The third-order valence-corrected chi connectivity index (χ3v) is 4.57. The van der Waals surface area contributed by atoms with E-state index < -0.39 is 0 Å². The molecular formula is C18H16N2S. The summed E-state index contributed by atoms with van der Waals surface area (Å²) in [6.45, 7) is 0. The predicted molar refractivity (Wildman–Crippen MR) is 89.0 cm³/mol. The molecule has 3 heteroatoms. The van der Waals surface area contributed by atoms with Crippen molar-refractivity contribution in [2.75, 3.05) is 0 Å². The number of nitrogens with one attached hydrogen (secondary N) is 1. The molecule has 0 spiro atoms. The Morgan fingerprint density at radius 3 is 2.67 bits per heavy atom. The van der Waals surface area contributed by atoms with Gasteiger partial charge in [-0.1, -0.05) is 48.6 Å². The van der Waals surface area contributed by atoms with E-state index in [1.165, 1.54) is 34.9 Å². The maximum atomic E-state index is 5.49. The first kappa shape index (κ1) is 12.7. The Morgan fingerprint density at radius 1 is 0.952 bits per heavy atom. The molecule has 0 saturated carbocycles. The van der Waals surface area contributed by atoms with Crippen LogP contribution in [-0.4, -0.2) is 9.97 Å². The summed E-state index contributed by atoms with van der Waals surface area (Å²) in [6.07, 6.45) is 4.61. The second kappa shape index (κ2) is 5.08. The lowest BCUT2D eigenvalue weighted by atomic mass is 9.97. The van der Waals surface area contributed by atoms with Gasteiger partial charge in [-0.15, -0.1) is 0 Å². The Morgan fingerprint density at radius 2 is 1.76 bits per heavy atom. The fourth-order valence-electron chi connectivity index (χ4n) is 3.09. The predicted octanol–water partition coefficient (Wildman–Crippen LogP) is 4.84. The van der Waals surface area contributed by atoms with Gasteiger partial charge in [0.15, 0.2) is 0 Å². The minimum Gasteiger partial charge on any atom is -0.343 e. The molecule has 21 heavy (non-hydrogen) atoms. The average molecular weight is 292 g/mol. The van der Waals surface area contributed by atoms with E-state index in [2.05, 4.69) is 52.4 Å². The van der Waals surface area contributed by atoms with Crippen LogP contribution in [0.2, 0.25) is 0 Å². The maximum absolute atomic E-state index is 5.49. The number of rotatable bonds is 1. The van der Waals surface area contributed by atoms with Gasteiger partial charge in [-0.3, -0.25) is 0 Å². The first-order valence-electron chi connectivity index (χ1n) is 7.42. The molecule has 1 heterocycles. The van der Waals surface area contributed by atoms with E-state index in [0.717, 1.165) is 28.9 Å². The lowest BCUT2D eigenvalue weighted by molar-refractivity contribution is 0.661. The Labute approximate surface area is 128 Å². The quantitative estimate of drug-likeness (QED) is 0.650. The van der Waals surface area contributed by atoms with Crippen LogP contribution in [0.3, 0.4) is 0 Å². The smallest absolute Gasteiger partial charge is 0.139 e. The molecule has 1 aliphatic rings. The summed E-state index contributed by atoms with van der Waals surface area (Å²) in [6, 6.07) is 14.8. The molecule has 0 saturated heterocycles. The van der Waals surface area contributed by atoms with Gasteiger partial charge in [0, 0.05) is 16.8 Å². The van der Waals surface area contributed by atoms with Crippen LogP contribution in [0.25, 0.3) is 22.2 Å². The zero-order valence-corrected chi connectivity index (χ0v) is 12.5. The summed E-state index contributed by atoms with van der Waals surface area (Å²) in [4.78, 5) is 8.13. The molecule has 2 nitrogen and oxygen atoms in total. The molecule has 3 aromatic rings. The van der Waals surface area contributed by atoms with Gasteiger partial charge >= 0.3 is 0 Å². The number of aryl methyl sites for hydroxylation is 1. The molecule has 0 unspecified atom stereocenters. The van der Waals surface area contributed by atoms with Gasteiger partial charge in [0.2, 0.25) is 0 Å². The highest BCUT2D eigenvalue weighted by Crippen LogP contribution is 2.25. The first-order chi connectivity index (χ1) is 10.3. The Hall–Kier alpha value is -2.00. The van der Waals surface area contributed by atoms with Crippen LogP contribution in [-0.2, 0) is 12.8 Å². The fourth-order valence-corrected chi connectivity index (χ4v) is 3.41. The second-order valence-electron chi connectivity index (χ2n) is 5.62. The number of aromatic nitrogens is 2. The molecule has 4 rings (SSSR count). The van der Waals surface area contributed by atoms with E-state index in [-0.39, 0.29) is 0 Å². The van der Waals surface area contributed by atoms with Crippen LogP contribution < -0.4 is 0 Å². The minimum atomic E-state index is 0.770. The lowest BCUT2D eigenvalue weighted by Crippen LogP contribution is -2.08. The Bertz CT molecular complexity index is 880. The minimum absolute atomic E-state index is 0.770. The number of hydrogen-bond acceptors (Lipinski definition) is 2. The fraction of sp³-hybridized carbons (Fsp3) is 0.222. The van der Waals surface area contributed by atoms with Crippen LogP contribution in [0.5, 0.6) is 0 Å². The normalized spacial score (nSPS) is 14.1. The summed E-state index contributed by atoms with van der Waals surface area (Å²) in [5.41, 5.74) is 3.64. The molecule has 104 valence electrons. The molecule has 1 aliphatic carbocycles. The molecule has 0 fully saturated rings. The van der Waals surface area contributed by atoms with E-state index >= 15 is 0 Å². The largest absolute Gasteiger partial charge is 0.343 e. The van der Waals surface area contributed by atoms with Gasteiger partial charge in [0.05, 0.1) is 0 Å². The second-order valence-corrected chi connectivity index (χ2v) is 6.00. The van der Waals surface area contributed by atoms with Crippen LogP contribution in [0.4, 0.5) is 0 Å². The van der Waals surface area contributed by atoms with Crippen LogP contribution >= 0.6 is 12.2 Å². The summed E-state index contributed by atoms with van der Waals surface area (Å²) < 4.78 is 0.770. The zero-order chi connectivity index (χ0) is 14.2. The Balaban J connectivity index is 1.88. The van der Waals surface area contributed by atoms with Crippen LogP contribution in [0.1, 0.15) is 24.1 Å². The molecule has 0 bridgehead atoms. The Kier molecular flexibility index (Phi) is 3.08. The topological polar surface area (TPSA) is 28.7 Å². The van der Waals surface area contributed by atoms with Crippen molar-refractivity contribution in [3.63, 3.8) is 0 Å². The number of aromatic amines is 1. The van der Waals surface area contributed by atoms with E-state index in [9.17, 15) is 0 Å². The van der Waals surface area contributed by atoms with Gasteiger partial charge < -0.3 is 4.98 Å². The van der Waals surface area contributed by atoms with Crippen molar-refractivity contribution in [2.45, 2.75) is 25.7 Å². The third-order valence-electron chi connectivity index (χ3n) is 4.23. The number of benzene rings is 2. The summed E-state index contributed by atoms with van der Waals surface area (Å²) >= 11 is 5.49. The molecule has 0 radical (unpaired) electrons. The van der Waals surface area contributed by atoms with Crippen molar-refractivity contribution in [3.8, 4) is 11.4 Å². The molecule has 0 atom stereocenters. The third kappa shape index (κ3) is 2.28. The molecule has 2 aromatic carbocycles. The van der Waals surface area contributed by atoms with Crippen LogP contribution in [0.15, 0.2) is 42.5 Å². The van der Waals surface area contributed by atoms with Crippen molar-refractivity contribution >= 4 is 23.0 Å². The number of H-pyrrole nitrogens is 1. The van der Waals surface area contributed by atoms with Gasteiger partial charge in [-0.25, -0.2) is 4.98 Å². The molecular weight excluding hydrogens is 276 g/mol. The van der Waals surface area contributed by atoms with Crippen LogP contribution in [0, 0.1) is 4.64 Å². The molecule has 1 aromatic heterocycles. The van der Waals surface area contributed by atoms with Crippen molar-refractivity contribution < 1.29 is 0 Å². The van der Waals surface area contributed by atoms with Gasteiger partial charge in [0.25, 0.3) is 0 Å². The van der Waals surface area contributed by atoms with E-state index in [0.29, 0.717) is 0 Å². The zero-order valence-electron chi connectivity index (χ0n) is 11.7. The molecule has 1 N–H and O–H groups in total. The maximum Gasteiger partial charge on any atom is 0.139 e. The van der Waals surface area contributed by atoms with E-state index in [1.807, 2.05) is 0 Å². The van der Waals surface area contributed by atoms with Gasteiger partial charge in [0.1, 0.15) is 10.5 Å². The van der Waals surface area contributed by atoms with Gasteiger partial charge in [-0.05, 0) is 42.5 Å². The summed E-state index contributed by atoms with van der Waals surface area (Å²) in [5.74, 6) is 0.895. The van der Waals surface area contributed by atoms with Crippen molar-refractivity contribution in [1.82, 2.24) is 9.97 Å². The van der Waals surface area contributed by atoms with Crippen molar-refractivity contribution in [2.24, 2.45) is 0 Å². The molecule has 0 aliphatic heterocycles. The number of nitrogens with zero attached hydrogens (tertiary/aromatic N) is 1. The summed E-state index contributed by atoms with van der Waals surface area (Å²) in [5, 5.41) is 2.48. The standard InChI is InChI=1S/C18H16N2S/c21-18-15-7-3-4-8-16(15)19-17(20-18)14-10-9-12-5-1-2-6-13(12)11-14/h1-2,5-6,9-11H,3-4,7-8H2,(H,19,20,21). The van der Waals surface area contributed by atoms with Gasteiger partial charge in [-0.2, -0.15) is 0 Å². The summed E-state index contributed by atoms with van der Waals surface area (Å²) in [7, 11) is 0. The lowest BCUT2D eigenvalue weighted by Gasteiger charge is -2.16. The monoisotopic (exact) mass is 292 g/mol. The van der Waals surface area contributed by atoms with Crippen molar-refractivity contribution in [1.29, 1.82) is 0 Å². The highest BCUT2D eigenvalue weighted by Gasteiger charge is 2.14.